The van der Waals surface area contributed by atoms with Gasteiger partial charge < -0.3 is 15.0 Å². The van der Waals surface area contributed by atoms with Crippen LogP contribution >= 0.6 is 0 Å². The lowest BCUT2D eigenvalue weighted by Crippen LogP contribution is -2.44. The average Bonchev–Trinajstić information content (AvgIpc) is 2.72. The van der Waals surface area contributed by atoms with Gasteiger partial charge >= 0.3 is 5.97 Å². The lowest BCUT2D eigenvalue weighted by atomic mass is 9.97. The van der Waals surface area contributed by atoms with Crippen molar-refractivity contribution in [2.24, 2.45) is 5.92 Å². The average molecular weight is 368 g/mol. The summed E-state index contributed by atoms with van der Waals surface area (Å²) in [6.45, 7) is 3.18. The van der Waals surface area contributed by atoms with Gasteiger partial charge in [-0.3, -0.25) is 9.59 Å². The smallest absolute Gasteiger partial charge is 0.325 e. The molecule has 2 aromatic rings. The van der Waals surface area contributed by atoms with Crippen LogP contribution in [0.15, 0.2) is 36.4 Å². The number of esters is 1. The number of methoxy groups -OCH3 is 1. The van der Waals surface area contributed by atoms with E-state index in [0.717, 1.165) is 36.3 Å². The number of nitrogens with one attached hydrogen (secondary N) is 1. The van der Waals surface area contributed by atoms with Gasteiger partial charge in [0, 0.05) is 24.3 Å². The maximum Gasteiger partial charge on any atom is 0.325 e. The van der Waals surface area contributed by atoms with E-state index in [1.165, 1.54) is 7.11 Å². The predicted octanol–water partition coefficient (Wildman–Crippen LogP) is 1.96. The Kier molecular flexibility index (Phi) is 6.01. The molecule has 0 saturated carbocycles. The van der Waals surface area contributed by atoms with Gasteiger partial charge in [0.1, 0.15) is 6.54 Å². The predicted molar refractivity (Wildman–Crippen MR) is 102 cm³/mol. The summed E-state index contributed by atoms with van der Waals surface area (Å²) in [5.74, 6) is -0.154. The van der Waals surface area contributed by atoms with E-state index in [-0.39, 0.29) is 18.4 Å². The molecule has 0 unspecified atom stereocenters. The summed E-state index contributed by atoms with van der Waals surface area (Å²) in [7, 11) is 1.30. The van der Waals surface area contributed by atoms with E-state index in [9.17, 15) is 9.59 Å². The zero-order valence-electron chi connectivity index (χ0n) is 15.6. The molecule has 1 aromatic heterocycles. The van der Waals surface area contributed by atoms with E-state index < -0.39 is 5.97 Å². The zero-order chi connectivity index (χ0) is 19.2. The molecule has 7 nitrogen and oxygen atoms in total. The standard InChI is InChI=1S/C20H24N4O3/c1-14-11-17(15-7-4-3-5-8-15)23-20(22-14)24-10-6-9-16(13-24)19(26)21-12-18(25)27-2/h3-5,7-8,11,16H,6,9-10,12-13H2,1-2H3,(H,21,26)/t16-/m0/s1. The molecule has 2 heterocycles. The van der Waals surface area contributed by atoms with Crippen molar-refractivity contribution < 1.29 is 14.3 Å². The van der Waals surface area contributed by atoms with Gasteiger partial charge in [-0.15, -0.1) is 0 Å². The largest absolute Gasteiger partial charge is 0.468 e. The lowest BCUT2D eigenvalue weighted by molar-refractivity contribution is -0.141. The molecule has 142 valence electrons. The summed E-state index contributed by atoms with van der Waals surface area (Å²) >= 11 is 0. The number of hydrogen-bond acceptors (Lipinski definition) is 6. The highest BCUT2D eigenvalue weighted by molar-refractivity contribution is 5.84. The summed E-state index contributed by atoms with van der Waals surface area (Å²) in [6.07, 6.45) is 1.65. The van der Waals surface area contributed by atoms with Crippen LogP contribution in [0.25, 0.3) is 11.3 Å². The highest BCUT2D eigenvalue weighted by atomic mass is 16.5. The maximum atomic E-state index is 12.4. The number of benzene rings is 1. The molecule has 1 saturated heterocycles. The number of rotatable bonds is 5. The quantitative estimate of drug-likeness (QED) is 0.812. The van der Waals surface area contributed by atoms with Crippen LogP contribution in [0.1, 0.15) is 18.5 Å². The fourth-order valence-corrected chi connectivity index (χ4v) is 3.20. The highest BCUT2D eigenvalue weighted by Crippen LogP contribution is 2.24. The summed E-state index contributed by atoms with van der Waals surface area (Å²) in [6, 6.07) is 11.9. The third-order valence-electron chi connectivity index (χ3n) is 4.62. The molecule has 7 heteroatoms. The van der Waals surface area contributed by atoms with Crippen LogP contribution in [-0.4, -0.2) is 48.6 Å². The van der Waals surface area contributed by atoms with E-state index in [1.54, 1.807) is 0 Å². The second-order valence-corrected chi connectivity index (χ2v) is 6.64. The van der Waals surface area contributed by atoms with Crippen molar-refractivity contribution >= 4 is 17.8 Å². The minimum atomic E-state index is -0.453. The fourth-order valence-electron chi connectivity index (χ4n) is 3.20. The number of ether oxygens (including phenoxy) is 1. The van der Waals surface area contributed by atoms with Gasteiger partial charge in [0.15, 0.2) is 0 Å². The van der Waals surface area contributed by atoms with Crippen LogP contribution in [0.2, 0.25) is 0 Å². The van der Waals surface area contributed by atoms with Crippen molar-refractivity contribution in [3.63, 3.8) is 0 Å². The van der Waals surface area contributed by atoms with Gasteiger partial charge in [0.2, 0.25) is 11.9 Å². The third kappa shape index (κ3) is 4.81. The first-order valence-electron chi connectivity index (χ1n) is 9.07. The second kappa shape index (κ2) is 8.62. The number of carbonyl (C=O) groups is 2. The van der Waals surface area contributed by atoms with Crippen molar-refractivity contribution in [2.45, 2.75) is 19.8 Å². The monoisotopic (exact) mass is 368 g/mol. The van der Waals surface area contributed by atoms with E-state index in [4.69, 9.17) is 4.98 Å². The summed E-state index contributed by atoms with van der Waals surface area (Å²) in [5.41, 5.74) is 2.79. The summed E-state index contributed by atoms with van der Waals surface area (Å²) < 4.78 is 4.56. The molecule has 1 amide bonds. The number of aryl methyl sites for hydroxylation is 1. The van der Waals surface area contributed by atoms with Crippen LogP contribution < -0.4 is 10.2 Å². The Morgan fingerprint density at radius 2 is 2.04 bits per heavy atom. The van der Waals surface area contributed by atoms with E-state index in [0.29, 0.717) is 12.5 Å². The normalized spacial score (nSPS) is 16.7. The van der Waals surface area contributed by atoms with Crippen molar-refractivity contribution in [3.05, 3.63) is 42.1 Å². The van der Waals surface area contributed by atoms with Crippen molar-refractivity contribution in [1.82, 2.24) is 15.3 Å². The van der Waals surface area contributed by atoms with Gasteiger partial charge in [-0.2, -0.15) is 0 Å². The Morgan fingerprint density at radius 1 is 1.26 bits per heavy atom. The van der Waals surface area contributed by atoms with Gasteiger partial charge in [-0.1, -0.05) is 30.3 Å². The molecule has 1 atom stereocenters. The van der Waals surface area contributed by atoms with Crippen LogP contribution in [-0.2, 0) is 14.3 Å². The minimum absolute atomic E-state index is 0.106. The molecule has 1 N–H and O–H groups in total. The number of amides is 1. The highest BCUT2D eigenvalue weighted by Gasteiger charge is 2.27. The molecular formula is C20H24N4O3. The molecule has 1 fully saturated rings. The van der Waals surface area contributed by atoms with Gasteiger partial charge in [0.05, 0.1) is 18.7 Å². The number of hydrogen-bond donors (Lipinski definition) is 1. The topological polar surface area (TPSA) is 84.4 Å². The first kappa shape index (κ1) is 18.8. The molecule has 1 aromatic carbocycles. The molecule has 0 aliphatic carbocycles. The molecule has 0 bridgehead atoms. The van der Waals surface area contributed by atoms with Crippen LogP contribution in [0.5, 0.6) is 0 Å². The zero-order valence-corrected chi connectivity index (χ0v) is 15.6. The van der Waals surface area contributed by atoms with E-state index in [2.05, 4.69) is 15.0 Å². The first-order chi connectivity index (χ1) is 13.1. The molecule has 3 rings (SSSR count). The fraction of sp³-hybridized carbons (Fsp3) is 0.400. The summed E-state index contributed by atoms with van der Waals surface area (Å²) in [4.78, 5) is 34.9. The second-order valence-electron chi connectivity index (χ2n) is 6.64. The first-order valence-corrected chi connectivity index (χ1v) is 9.07. The summed E-state index contributed by atoms with van der Waals surface area (Å²) in [5, 5.41) is 2.64. The minimum Gasteiger partial charge on any atom is -0.468 e. The Hall–Kier alpha value is -2.96. The van der Waals surface area contributed by atoms with Crippen LogP contribution in [0.4, 0.5) is 5.95 Å². The molecule has 0 spiro atoms. The Balaban J connectivity index is 1.73. The Labute approximate surface area is 158 Å². The Bertz CT molecular complexity index is 810. The van der Waals surface area contributed by atoms with Gasteiger partial charge in [-0.05, 0) is 25.8 Å². The number of carbonyl (C=O) groups excluding carboxylic acids is 2. The van der Waals surface area contributed by atoms with Crippen LogP contribution in [0, 0.1) is 12.8 Å². The van der Waals surface area contributed by atoms with Crippen LogP contribution in [0.3, 0.4) is 0 Å². The number of aromatic nitrogens is 2. The van der Waals surface area contributed by atoms with Gasteiger partial charge in [0.25, 0.3) is 0 Å². The SMILES string of the molecule is COC(=O)CNC(=O)[C@H]1CCCN(c2nc(C)cc(-c3ccccc3)n2)C1. The van der Waals surface area contributed by atoms with E-state index >= 15 is 0 Å². The molecule has 27 heavy (non-hydrogen) atoms. The molecule has 1 aliphatic rings. The lowest BCUT2D eigenvalue weighted by Gasteiger charge is -2.32. The number of piperidine rings is 1. The number of nitrogens with zero attached hydrogens (tertiary/aromatic N) is 3. The number of anilines is 1. The Morgan fingerprint density at radius 3 is 2.78 bits per heavy atom. The van der Waals surface area contributed by atoms with Crippen molar-refractivity contribution in [1.29, 1.82) is 0 Å². The van der Waals surface area contributed by atoms with Crippen molar-refractivity contribution in [2.75, 3.05) is 31.6 Å². The maximum absolute atomic E-state index is 12.4. The van der Waals surface area contributed by atoms with Gasteiger partial charge in [-0.25, -0.2) is 9.97 Å². The third-order valence-corrected chi connectivity index (χ3v) is 4.62. The van der Waals surface area contributed by atoms with E-state index in [1.807, 2.05) is 48.2 Å². The van der Waals surface area contributed by atoms with Crippen molar-refractivity contribution in [3.8, 4) is 11.3 Å². The molecular weight excluding hydrogens is 344 g/mol. The molecule has 0 radical (unpaired) electrons. The molecule has 1 aliphatic heterocycles.